The normalized spacial score (nSPS) is 22.4. The second-order valence-electron chi connectivity index (χ2n) is 2.08. The molecule has 2 unspecified atom stereocenters. The second kappa shape index (κ2) is 6.21. The Kier molecular flexibility index (Phi) is 6.82. The van der Waals surface area contributed by atoms with Gasteiger partial charge < -0.3 is 10.2 Å². The fourth-order valence-electron chi connectivity index (χ4n) is 0.502. The zero-order chi connectivity index (χ0) is 11.4. The van der Waals surface area contributed by atoms with Crippen molar-refractivity contribution in [3.63, 3.8) is 0 Å². The Morgan fingerprint density at radius 1 is 1.14 bits per heavy atom. The van der Waals surface area contributed by atoms with Gasteiger partial charge in [-0.2, -0.15) is 0 Å². The van der Waals surface area contributed by atoms with Crippen molar-refractivity contribution in [2.75, 3.05) is 11.9 Å². The average molecular weight is 296 g/mol. The van der Waals surface area contributed by atoms with E-state index in [1.165, 1.54) is 0 Å². The van der Waals surface area contributed by atoms with Gasteiger partial charge in [0.05, 0.1) is 11.9 Å². The highest BCUT2D eigenvalue weighted by molar-refractivity contribution is 8.33. The van der Waals surface area contributed by atoms with E-state index < -0.39 is 17.9 Å². The number of rotatable bonds is 6. The molecule has 0 saturated carbocycles. The van der Waals surface area contributed by atoms with E-state index in [9.17, 15) is 4.21 Å². The molecule has 0 aromatic carbocycles. The predicted molar refractivity (Wildman–Crippen MR) is 69.3 cm³/mol. The summed E-state index contributed by atoms with van der Waals surface area (Å²) in [6.45, 7) is 0. The summed E-state index contributed by atoms with van der Waals surface area (Å²) in [5.41, 5.74) is 11.1. The molecule has 10 heteroatoms. The third-order valence-electron chi connectivity index (χ3n) is 1.07. The molecular weight excluding hydrogens is 284 g/mol. The van der Waals surface area contributed by atoms with Crippen LogP contribution in [0.3, 0.4) is 0 Å². The number of hydrogen-bond donors (Lipinski definition) is 6. The van der Waals surface area contributed by atoms with Crippen LogP contribution < -0.4 is 11.5 Å². The van der Waals surface area contributed by atoms with E-state index >= 15 is 0 Å². The van der Waals surface area contributed by atoms with Crippen LogP contribution in [0.4, 0.5) is 0 Å². The van der Waals surface area contributed by atoms with E-state index in [0.717, 1.165) is 23.5 Å². The molecule has 6 N–H and O–H groups in total. The Balaban J connectivity index is 4.58. The maximum Gasteiger partial charge on any atom is 0.189 e. The van der Waals surface area contributed by atoms with Gasteiger partial charge in [0.2, 0.25) is 0 Å². The average Bonchev–Trinajstić information content (AvgIpc) is 2.02. The molecule has 14 heavy (non-hydrogen) atoms. The van der Waals surface area contributed by atoms with Gasteiger partial charge >= 0.3 is 0 Å². The highest BCUT2D eigenvalue weighted by Crippen LogP contribution is 2.38. The van der Waals surface area contributed by atoms with Crippen molar-refractivity contribution in [3.8, 4) is 0 Å². The molecule has 0 aromatic heterocycles. The molecule has 0 amide bonds. The van der Waals surface area contributed by atoms with Crippen LogP contribution in [0, 0.1) is 0 Å². The molecule has 5 nitrogen and oxygen atoms in total. The van der Waals surface area contributed by atoms with Crippen molar-refractivity contribution in [3.05, 3.63) is 0 Å². The summed E-state index contributed by atoms with van der Waals surface area (Å²) in [6, 6.07) is 0. The summed E-state index contributed by atoms with van der Waals surface area (Å²) in [6.07, 6.45) is 0. The van der Waals surface area contributed by atoms with Gasteiger partial charge in [0.15, 0.2) is 7.07 Å². The zero-order valence-corrected chi connectivity index (χ0v) is 11.2. The molecule has 0 aliphatic rings. The first-order valence-corrected chi connectivity index (χ1v) is 7.23. The van der Waals surface area contributed by atoms with Crippen molar-refractivity contribution < 1.29 is 14.4 Å². The number of aliphatic hydroxyl groups excluding tert-OH is 2. The third-order valence-corrected chi connectivity index (χ3v) is 6.61. The third kappa shape index (κ3) is 4.49. The molecule has 2 atom stereocenters. The van der Waals surface area contributed by atoms with Gasteiger partial charge in [-0.3, -0.25) is 15.7 Å². The van der Waals surface area contributed by atoms with Crippen LogP contribution in [0.5, 0.6) is 0 Å². The molecule has 0 radical (unpaired) electrons. The van der Waals surface area contributed by atoms with Crippen LogP contribution in [0.2, 0.25) is 0 Å². The van der Waals surface area contributed by atoms with Crippen molar-refractivity contribution in [1.29, 1.82) is 0 Å². The van der Waals surface area contributed by atoms with Crippen LogP contribution in [0.15, 0.2) is 0 Å². The SMILES string of the molecule is NC(S)(SCO)S(=O)C(N)(S)SCO. The Labute approximate surface area is 104 Å². The molecule has 0 spiro atoms. The minimum atomic E-state index is -1.85. The maximum atomic E-state index is 11.7. The van der Waals surface area contributed by atoms with E-state index in [1.807, 2.05) is 0 Å². The van der Waals surface area contributed by atoms with Gasteiger partial charge in [-0.05, 0) is 0 Å². The Morgan fingerprint density at radius 2 is 1.43 bits per heavy atom. The van der Waals surface area contributed by atoms with Crippen LogP contribution in [0.1, 0.15) is 0 Å². The molecule has 0 bridgehead atoms. The largest absolute Gasteiger partial charge is 0.386 e. The molecule has 0 saturated heterocycles. The van der Waals surface area contributed by atoms with Crippen molar-refractivity contribution >= 4 is 59.6 Å². The maximum absolute atomic E-state index is 11.7. The van der Waals surface area contributed by atoms with Gasteiger partial charge in [0.25, 0.3) is 0 Å². The van der Waals surface area contributed by atoms with Gasteiger partial charge in [0, 0.05) is 0 Å². The lowest BCUT2D eigenvalue weighted by Gasteiger charge is -2.30. The fourth-order valence-corrected chi connectivity index (χ4v) is 5.21. The van der Waals surface area contributed by atoms with Gasteiger partial charge in [-0.25, -0.2) is 0 Å². The van der Waals surface area contributed by atoms with E-state index in [1.54, 1.807) is 0 Å². The monoisotopic (exact) mass is 296 g/mol. The minimum Gasteiger partial charge on any atom is -0.386 e. The number of hydrogen-bond acceptors (Lipinski definition) is 9. The summed E-state index contributed by atoms with van der Waals surface area (Å²) >= 11 is 9.35. The molecule has 0 aliphatic heterocycles. The molecule has 0 fully saturated rings. The Morgan fingerprint density at radius 3 is 1.64 bits per heavy atom. The minimum absolute atomic E-state index is 0.334. The smallest absolute Gasteiger partial charge is 0.189 e. The first-order valence-electron chi connectivity index (χ1n) is 3.22. The van der Waals surface area contributed by atoms with E-state index in [4.69, 9.17) is 21.7 Å². The first-order chi connectivity index (χ1) is 6.28. The van der Waals surface area contributed by atoms with Gasteiger partial charge in [0.1, 0.15) is 10.8 Å². The van der Waals surface area contributed by atoms with Crippen molar-refractivity contribution in [2.45, 2.75) is 7.07 Å². The molecule has 0 aromatic rings. The Bertz CT molecular complexity index is 191. The standard InChI is InChI=1S/C4H12N2O3S5/c5-3(10,12-1-7)14(9)4(6,11)13-2-8/h7-8,10-11H,1-2,5-6H2. The van der Waals surface area contributed by atoms with E-state index in [2.05, 4.69) is 25.3 Å². The number of thioether (sulfide) groups is 2. The summed E-state index contributed by atoms with van der Waals surface area (Å²) in [5, 5.41) is 17.2. The van der Waals surface area contributed by atoms with E-state index in [0.29, 0.717) is 0 Å². The fraction of sp³-hybridized carbons (Fsp3) is 1.00. The van der Waals surface area contributed by atoms with Gasteiger partial charge in [-0.15, -0.1) is 25.3 Å². The molecule has 0 rings (SSSR count). The van der Waals surface area contributed by atoms with Crippen LogP contribution in [-0.4, -0.2) is 33.4 Å². The van der Waals surface area contributed by atoms with Crippen molar-refractivity contribution in [2.24, 2.45) is 11.5 Å². The quantitative estimate of drug-likeness (QED) is 0.278. The summed E-state index contributed by atoms with van der Waals surface area (Å²) in [4.78, 5) is 0. The highest BCUT2D eigenvalue weighted by atomic mass is 32.3. The Hall–Kier alpha value is 1.39. The van der Waals surface area contributed by atoms with Crippen LogP contribution in [0.25, 0.3) is 0 Å². The molecule has 86 valence electrons. The van der Waals surface area contributed by atoms with E-state index in [-0.39, 0.29) is 11.9 Å². The second-order valence-corrected chi connectivity index (χ2v) is 9.42. The number of nitrogens with two attached hydrogens (primary N) is 2. The summed E-state index contributed by atoms with van der Waals surface area (Å²) < 4.78 is 8.70. The van der Waals surface area contributed by atoms with Crippen LogP contribution >= 0.6 is 48.8 Å². The summed E-state index contributed by atoms with van der Waals surface area (Å²) in [5.74, 6) is -0.668. The molecule has 0 heterocycles. The molecular formula is C4H12N2O3S5. The molecule has 0 aliphatic carbocycles. The zero-order valence-electron chi connectivity index (χ0n) is 6.99. The highest BCUT2D eigenvalue weighted by Gasteiger charge is 2.41. The lowest BCUT2D eigenvalue weighted by atomic mass is 11.4. The summed E-state index contributed by atoms with van der Waals surface area (Å²) in [7, 11) is -1.85. The van der Waals surface area contributed by atoms with Crippen molar-refractivity contribution in [1.82, 2.24) is 0 Å². The number of thiol groups is 2. The lowest BCUT2D eigenvalue weighted by molar-refractivity contribution is 0.375. The topological polar surface area (TPSA) is 110 Å². The van der Waals surface area contributed by atoms with Crippen LogP contribution in [-0.2, 0) is 10.8 Å². The lowest BCUT2D eigenvalue weighted by Crippen LogP contribution is -2.48. The predicted octanol–water partition coefficient (Wildman–Crippen LogP) is -0.899. The number of aliphatic hydroxyl groups is 2. The first kappa shape index (κ1) is 15.4. The van der Waals surface area contributed by atoms with Gasteiger partial charge in [-0.1, -0.05) is 23.5 Å².